The Morgan fingerprint density at radius 2 is 1.96 bits per heavy atom. The Morgan fingerprint density at radius 1 is 1.30 bits per heavy atom. The van der Waals surface area contributed by atoms with Gasteiger partial charge in [0.15, 0.2) is 0 Å². The Bertz CT molecular complexity index is 503. The molecule has 1 N–H and O–H groups in total. The minimum atomic E-state index is -0.229. The van der Waals surface area contributed by atoms with Gasteiger partial charge in [-0.15, -0.1) is 0 Å². The first-order valence-corrected chi connectivity index (χ1v) is 8.80. The lowest BCUT2D eigenvalue weighted by Crippen LogP contribution is -2.46. The summed E-state index contributed by atoms with van der Waals surface area (Å²) in [5, 5.41) is 3.21. The summed E-state index contributed by atoms with van der Waals surface area (Å²) >= 11 is 0. The van der Waals surface area contributed by atoms with Crippen LogP contribution in [0.3, 0.4) is 0 Å². The van der Waals surface area contributed by atoms with Gasteiger partial charge in [-0.3, -0.25) is 9.69 Å². The van der Waals surface area contributed by atoms with Crippen molar-refractivity contribution in [1.82, 2.24) is 10.2 Å². The number of rotatable bonds is 6. The van der Waals surface area contributed by atoms with Crippen molar-refractivity contribution in [3.63, 3.8) is 0 Å². The van der Waals surface area contributed by atoms with Crippen molar-refractivity contribution in [1.29, 1.82) is 0 Å². The smallest absolute Gasteiger partial charge is 0.234 e. The zero-order valence-corrected chi connectivity index (χ0v) is 14.5. The van der Waals surface area contributed by atoms with E-state index in [-0.39, 0.29) is 17.8 Å². The highest BCUT2D eigenvalue weighted by Crippen LogP contribution is 2.24. The molecule has 3 nitrogen and oxygen atoms in total. The van der Waals surface area contributed by atoms with E-state index in [0.717, 1.165) is 18.5 Å². The third-order valence-electron chi connectivity index (χ3n) is 5.11. The third-order valence-corrected chi connectivity index (χ3v) is 5.11. The maximum atomic E-state index is 13.1. The van der Waals surface area contributed by atoms with Crippen LogP contribution in [0.15, 0.2) is 24.3 Å². The van der Waals surface area contributed by atoms with Crippen LogP contribution in [0.4, 0.5) is 4.39 Å². The molecule has 1 aromatic carbocycles. The van der Waals surface area contributed by atoms with E-state index in [2.05, 4.69) is 31.0 Å². The normalized spacial score (nSPS) is 22.8. The predicted octanol–water partition coefficient (Wildman–Crippen LogP) is 3.90. The molecule has 2 rings (SSSR count). The lowest BCUT2D eigenvalue weighted by Gasteiger charge is -2.32. The maximum absolute atomic E-state index is 13.1. The van der Waals surface area contributed by atoms with Gasteiger partial charge in [0.05, 0.1) is 6.54 Å². The van der Waals surface area contributed by atoms with Crippen molar-refractivity contribution >= 4 is 5.91 Å². The highest BCUT2D eigenvalue weighted by molar-refractivity contribution is 5.78. The van der Waals surface area contributed by atoms with Crippen LogP contribution in [-0.4, -0.2) is 29.9 Å². The molecule has 3 unspecified atom stereocenters. The first kappa shape index (κ1) is 17.9. The fraction of sp³-hybridized carbons (Fsp3) is 0.632. The number of hydrogen-bond donors (Lipinski definition) is 1. The number of benzene rings is 1. The minimum Gasteiger partial charge on any atom is -0.352 e. The van der Waals surface area contributed by atoms with Gasteiger partial charge in [-0.1, -0.05) is 38.8 Å². The molecule has 0 spiro atoms. The molecule has 0 radical (unpaired) electrons. The van der Waals surface area contributed by atoms with Crippen LogP contribution in [0.25, 0.3) is 0 Å². The SMILES string of the molecule is CCN(CC(=O)NC1CCCCC1C)C(C)c1ccc(F)cc1. The first-order valence-electron chi connectivity index (χ1n) is 8.80. The molecule has 1 aliphatic carbocycles. The van der Waals surface area contributed by atoms with Crippen LogP contribution in [0.2, 0.25) is 0 Å². The number of amides is 1. The number of carbonyl (C=O) groups excluding carboxylic acids is 1. The standard InChI is InChI=1S/C19H29FN2O/c1-4-22(15(3)16-9-11-17(20)12-10-16)13-19(23)21-18-8-6-5-7-14(18)2/h9-12,14-15,18H,4-8,13H2,1-3H3,(H,21,23). The van der Waals surface area contributed by atoms with Crippen LogP contribution in [0, 0.1) is 11.7 Å². The highest BCUT2D eigenvalue weighted by atomic mass is 19.1. The van der Waals surface area contributed by atoms with Crippen LogP contribution < -0.4 is 5.32 Å². The number of likely N-dealkylation sites (N-methyl/N-ethyl adjacent to an activating group) is 1. The second-order valence-electron chi connectivity index (χ2n) is 6.73. The van der Waals surface area contributed by atoms with Gasteiger partial charge in [0.2, 0.25) is 5.91 Å². The number of hydrogen-bond acceptors (Lipinski definition) is 2. The Morgan fingerprint density at radius 3 is 2.57 bits per heavy atom. The van der Waals surface area contributed by atoms with E-state index < -0.39 is 0 Å². The van der Waals surface area contributed by atoms with Crippen molar-refractivity contribution in [3.8, 4) is 0 Å². The quantitative estimate of drug-likeness (QED) is 0.862. The van der Waals surface area contributed by atoms with Gasteiger partial charge in [-0.05, 0) is 49.9 Å². The summed E-state index contributed by atoms with van der Waals surface area (Å²) in [7, 11) is 0. The average molecular weight is 320 g/mol. The van der Waals surface area contributed by atoms with Gasteiger partial charge in [0.25, 0.3) is 0 Å². The van der Waals surface area contributed by atoms with E-state index in [4.69, 9.17) is 0 Å². The first-order chi connectivity index (χ1) is 11.0. The molecule has 0 saturated heterocycles. The molecule has 1 fully saturated rings. The molecule has 0 bridgehead atoms. The van der Waals surface area contributed by atoms with Crippen LogP contribution in [0.5, 0.6) is 0 Å². The van der Waals surface area contributed by atoms with Crippen molar-refractivity contribution in [2.45, 2.75) is 58.5 Å². The van der Waals surface area contributed by atoms with Crippen LogP contribution in [0.1, 0.15) is 58.1 Å². The lowest BCUT2D eigenvalue weighted by molar-refractivity contribution is -0.124. The molecule has 0 aromatic heterocycles. The second kappa shape index (κ2) is 8.44. The Kier molecular flexibility index (Phi) is 6.58. The van der Waals surface area contributed by atoms with E-state index in [0.29, 0.717) is 18.5 Å². The molecule has 128 valence electrons. The van der Waals surface area contributed by atoms with Gasteiger partial charge in [0.1, 0.15) is 5.82 Å². The Hall–Kier alpha value is -1.42. The van der Waals surface area contributed by atoms with E-state index in [1.165, 1.54) is 31.4 Å². The molecule has 1 aromatic rings. The average Bonchev–Trinajstić information content (AvgIpc) is 2.55. The second-order valence-corrected chi connectivity index (χ2v) is 6.73. The van der Waals surface area contributed by atoms with Gasteiger partial charge in [-0.2, -0.15) is 0 Å². The predicted molar refractivity (Wildman–Crippen MR) is 91.6 cm³/mol. The van der Waals surface area contributed by atoms with Crippen LogP contribution >= 0.6 is 0 Å². The molecule has 4 heteroatoms. The lowest BCUT2D eigenvalue weighted by atomic mass is 9.86. The summed E-state index contributed by atoms with van der Waals surface area (Å²) in [5.41, 5.74) is 1.03. The van der Waals surface area contributed by atoms with Crippen molar-refractivity contribution < 1.29 is 9.18 Å². The van der Waals surface area contributed by atoms with Crippen molar-refractivity contribution in [2.24, 2.45) is 5.92 Å². The molecule has 1 amide bonds. The van der Waals surface area contributed by atoms with Gasteiger partial charge in [-0.25, -0.2) is 4.39 Å². The molecule has 3 atom stereocenters. The summed E-state index contributed by atoms with van der Waals surface area (Å²) in [6.45, 7) is 7.51. The van der Waals surface area contributed by atoms with Gasteiger partial charge >= 0.3 is 0 Å². The Labute approximate surface area is 139 Å². The van der Waals surface area contributed by atoms with Crippen molar-refractivity contribution in [3.05, 3.63) is 35.6 Å². The summed E-state index contributed by atoms with van der Waals surface area (Å²) in [6.07, 6.45) is 4.77. The zero-order valence-electron chi connectivity index (χ0n) is 14.5. The summed E-state index contributed by atoms with van der Waals surface area (Å²) < 4.78 is 13.1. The molecular formula is C19H29FN2O. The topological polar surface area (TPSA) is 32.3 Å². The largest absolute Gasteiger partial charge is 0.352 e. The maximum Gasteiger partial charge on any atom is 0.234 e. The molecule has 1 aliphatic rings. The van der Waals surface area contributed by atoms with Crippen molar-refractivity contribution in [2.75, 3.05) is 13.1 Å². The number of carbonyl (C=O) groups is 1. The third kappa shape index (κ3) is 5.03. The molecule has 0 heterocycles. The van der Waals surface area contributed by atoms with E-state index in [1.807, 2.05) is 0 Å². The monoisotopic (exact) mass is 320 g/mol. The molecule has 0 aliphatic heterocycles. The molecule has 23 heavy (non-hydrogen) atoms. The molecular weight excluding hydrogens is 291 g/mol. The van der Waals surface area contributed by atoms with E-state index >= 15 is 0 Å². The summed E-state index contributed by atoms with van der Waals surface area (Å²) in [6, 6.07) is 6.95. The summed E-state index contributed by atoms with van der Waals surface area (Å²) in [5.74, 6) is 0.435. The zero-order chi connectivity index (χ0) is 16.8. The fourth-order valence-corrected chi connectivity index (χ4v) is 3.44. The van der Waals surface area contributed by atoms with Gasteiger partial charge < -0.3 is 5.32 Å². The fourth-order valence-electron chi connectivity index (χ4n) is 3.44. The summed E-state index contributed by atoms with van der Waals surface area (Å²) in [4.78, 5) is 14.5. The van der Waals surface area contributed by atoms with Gasteiger partial charge in [0, 0.05) is 12.1 Å². The number of nitrogens with zero attached hydrogens (tertiary/aromatic N) is 1. The van der Waals surface area contributed by atoms with E-state index in [9.17, 15) is 9.18 Å². The molecule has 1 saturated carbocycles. The minimum absolute atomic E-state index is 0.0927. The van der Waals surface area contributed by atoms with Crippen LogP contribution in [-0.2, 0) is 4.79 Å². The highest BCUT2D eigenvalue weighted by Gasteiger charge is 2.24. The Balaban J connectivity index is 1.92. The number of halogens is 1. The van der Waals surface area contributed by atoms with E-state index in [1.54, 1.807) is 12.1 Å². The number of nitrogens with one attached hydrogen (secondary N) is 1.